The third kappa shape index (κ3) is 5.72. The molecule has 5 aromatic heterocycles. The highest BCUT2D eigenvalue weighted by Gasteiger charge is 2.35. The molecular weight excluding hydrogens is 965 g/mol. The second-order valence-corrected chi connectivity index (χ2v) is 20.5. The number of benzene rings is 12. The quantitative estimate of drug-likeness (QED) is 0.172. The molecule has 0 amide bonds. The van der Waals surface area contributed by atoms with Gasteiger partial charge in [0, 0.05) is 53.9 Å². The van der Waals surface area contributed by atoms with E-state index in [9.17, 15) is 10.5 Å². The molecule has 0 unspecified atom stereocenters. The van der Waals surface area contributed by atoms with Crippen molar-refractivity contribution in [2.75, 3.05) is 0 Å². The van der Waals surface area contributed by atoms with Crippen LogP contribution in [0.3, 0.4) is 0 Å². The van der Waals surface area contributed by atoms with Crippen molar-refractivity contribution < 1.29 is 4.42 Å². The second-order valence-electron chi connectivity index (χ2n) is 20.5. The number of furan rings is 1. The fourth-order valence-corrected chi connectivity index (χ4v) is 13.5. The Bertz CT molecular complexity index is 5290. The Kier molecular flexibility index (Phi) is 8.85. The summed E-state index contributed by atoms with van der Waals surface area (Å²) in [6.45, 7) is 0. The molecule has 364 valence electrons. The number of nitriles is 2. The molecule has 7 heteroatoms. The maximum Gasteiger partial charge on any atom is 0.160 e. The van der Waals surface area contributed by atoms with E-state index in [1.165, 1.54) is 0 Å². The smallest absolute Gasteiger partial charge is 0.160 e. The molecule has 0 saturated heterocycles. The van der Waals surface area contributed by atoms with Gasteiger partial charge in [0.25, 0.3) is 0 Å². The van der Waals surface area contributed by atoms with E-state index in [-0.39, 0.29) is 0 Å². The van der Waals surface area contributed by atoms with Crippen molar-refractivity contribution in [3.8, 4) is 46.0 Å². The number of para-hydroxylation sites is 7. The van der Waals surface area contributed by atoms with Crippen LogP contribution in [-0.2, 0) is 0 Å². The number of nitrogens with zero attached hydrogens (tertiary/aromatic N) is 6. The standard InChI is InChI=1S/C72H40N6O/c73-41-56-67(75-58-31-10-3-22-46(58)47-23-4-11-32-59(47)75)57(42-74)69(77-62-35-14-7-26-50(62)51-27-8-15-36-63(51)77)71(68(56)76-60-33-12-5-24-48(60)49-25-6-13-34-61(49)76)78-64-37-18-30-53(45-29-17-20-43-19-1-2-21-44(43)45)66(64)55-40-39-54-52-28-9-16-38-65(52)79-72(54)70(55)78/h1-40H. The van der Waals surface area contributed by atoms with Gasteiger partial charge in [0.05, 0.1) is 66.9 Å². The van der Waals surface area contributed by atoms with E-state index in [1.54, 1.807) is 0 Å². The third-order valence-corrected chi connectivity index (χ3v) is 16.6. The van der Waals surface area contributed by atoms with Crippen molar-refractivity contribution in [3.05, 3.63) is 254 Å². The summed E-state index contributed by atoms with van der Waals surface area (Å²) in [6, 6.07) is 90.7. The lowest BCUT2D eigenvalue weighted by molar-refractivity contribution is 0.671. The van der Waals surface area contributed by atoms with E-state index < -0.39 is 0 Å². The minimum Gasteiger partial charge on any atom is -0.454 e. The molecule has 0 spiro atoms. The number of hydrogen-bond acceptors (Lipinski definition) is 3. The van der Waals surface area contributed by atoms with Crippen LogP contribution in [-0.4, -0.2) is 18.3 Å². The Morgan fingerprint density at radius 1 is 0.278 bits per heavy atom. The summed E-state index contributed by atoms with van der Waals surface area (Å²) < 4.78 is 16.3. The molecule has 5 heterocycles. The first-order valence-electron chi connectivity index (χ1n) is 26.6. The Hall–Kier alpha value is -11.1. The zero-order valence-corrected chi connectivity index (χ0v) is 42.2. The fraction of sp³-hybridized carbons (Fsp3) is 0. The summed E-state index contributed by atoms with van der Waals surface area (Å²) in [6.07, 6.45) is 0. The molecule has 17 aromatic rings. The predicted octanol–water partition coefficient (Wildman–Crippen LogP) is 18.5. The van der Waals surface area contributed by atoms with Gasteiger partial charge in [-0.05, 0) is 76.5 Å². The third-order valence-electron chi connectivity index (χ3n) is 16.6. The minimum atomic E-state index is 0.339. The van der Waals surface area contributed by atoms with Crippen LogP contribution in [0.15, 0.2) is 247 Å². The normalized spacial score (nSPS) is 12.0. The topological polar surface area (TPSA) is 80.4 Å². The summed E-state index contributed by atoms with van der Waals surface area (Å²) >= 11 is 0. The van der Waals surface area contributed by atoms with Gasteiger partial charge < -0.3 is 22.7 Å². The van der Waals surface area contributed by atoms with Gasteiger partial charge >= 0.3 is 0 Å². The van der Waals surface area contributed by atoms with Gasteiger partial charge in [-0.15, -0.1) is 0 Å². The van der Waals surface area contributed by atoms with E-state index in [2.05, 4.69) is 249 Å². The van der Waals surface area contributed by atoms with Crippen LogP contribution >= 0.6 is 0 Å². The van der Waals surface area contributed by atoms with Gasteiger partial charge in [-0.3, -0.25) is 0 Å². The molecule has 17 rings (SSSR count). The van der Waals surface area contributed by atoms with Gasteiger partial charge in [0.2, 0.25) is 0 Å². The highest BCUT2D eigenvalue weighted by molar-refractivity contribution is 6.26. The molecule has 0 saturated carbocycles. The molecule has 0 aliphatic heterocycles. The predicted molar refractivity (Wildman–Crippen MR) is 323 cm³/mol. The minimum absolute atomic E-state index is 0.339. The molecule has 0 bridgehead atoms. The van der Waals surface area contributed by atoms with E-state index in [0.717, 1.165) is 125 Å². The highest BCUT2D eigenvalue weighted by atomic mass is 16.3. The molecule has 7 nitrogen and oxygen atoms in total. The first kappa shape index (κ1) is 43.2. The fourth-order valence-electron chi connectivity index (χ4n) is 13.5. The van der Waals surface area contributed by atoms with Crippen molar-refractivity contribution in [2.45, 2.75) is 0 Å². The second kappa shape index (κ2) is 16.2. The number of fused-ring (bicyclic) bond motifs is 17. The highest BCUT2D eigenvalue weighted by Crippen LogP contribution is 2.51. The molecular formula is C72H40N6O. The molecule has 0 radical (unpaired) electrons. The SMILES string of the molecule is N#Cc1c(-n2c3ccccc3c3ccccc32)c(C#N)c(-n2c3ccccc3c3ccccc32)c(-n2c3cccc(-c4cccc5ccccc45)c3c3ccc4c5ccccc5oc4c32)c1-n1c2ccccc2c2ccccc21. The Morgan fingerprint density at radius 3 is 1.16 bits per heavy atom. The largest absolute Gasteiger partial charge is 0.454 e. The molecule has 0 aliphatic rings. The Balaban J connectivity index is 1.21. The lowest BCUT2D eigenvalue weighted by Gasteiger charge is -2.27. The van der Waals surface area contributed by atoms with Gasteiger partial charge in [-0.25, -0.2) is 0 Å². The maximum atomic E-state index is 12.7. The van der Waals surface area contributed by atoms with E-state index in [1.807, 2.05) is 24.3 Å². The number of aromatic nitrogens is 4. The number of rotatable bonds is 5. The summed E-state index contributed by atoms with van der Waals surface area (Å²) in [5, 5.41) is 37.7. The van der Waals surface area contributed by atoms with Crippen LogP contribution in [0.2, 0.25) is 0 Å². The molecule has 0 fully saturated rings. The maximum absolute atomic E-state index is 12.7. The lowest BCUT2D eigenvalue weighted by atomic mass is 9.94. The van der Waals surface area contributed by atoms with Crippen LogP contribution in [0.5, 0.6) is 0 Å². The lowest BCUT2D eigenvalue weighted by Crippen LogP contribution is -2.17. The average Bonchev–Trinajstić information content (AvgIpc) is 4.52. The van der Waals surface area contributed by atoms with Gasteiger partial charge in [-0.1, -0.05) is 188 Å². The van der Waals surface area contributed by atoms with Gasteiger partial charge in [-0.2, -0.15) is 10.5 Å². The van der Waals surface area contributed by atoms with Crippen LogP contribution in [0.4, 0.5) is 0 Å². The van der Waals surface area contributed by atoms with Crippen LogP contribution in [0.1, 0.15) is 11.1 Å². The molecule has 79 heavy (non-hydrogen) atoms. The van der Waals surface area contributed by atoms with Crippen LogP contribution in [0.25, 0.3) is 154 Å². The van der Waals surface area contributed by atoms with E-state index in [4.69, 9.17) is 4.42 Å². The van der Waals surface area contributed by atoms with Crippen molar-refractivity contribution in [1.82, 2.24) is 18.3 Å². The summed E-state index contributed by atoms with van der Waals surface area (Å²) in [5.74, 6) is 0. The van der Waals surface area contributed by atoms with E-state index in [0.29, 0.717) is 39.5 Å². The van der Waals surface area contributed by atoms with Crippen LogP contribution < -0.4 is 0 Å². The molecule has 0 atom stereocenters. The van der Waals surface area contributed by atoms with Gasteiger partial charge in [0.1, 0.15) is 28.8 Å². The van der Waals surface area contributed by atoms with Crippen molar-refractivity contribution in [2.24, 2.45) is 0 Å². The van der Waals surface area contributed by atoms with Crippen molar-refractivity contribution in [1.29, 1.82) is 10.5 Å². The molecule has 0 N–H and O–H groups in total. The molecule has 12 aromatic carbocycles. The number of hydrogen-bond donors (Lipinski definition) is 0. The van der Waals surface area contributed by atoms with Gasteiger partial charge in [0.15, 0.2) is 5.58 Å². The zero-order chi connectivity index (χ0) is 52.0. The molecule has 0 aliphatic carbocycles. The van der Waals surface area contributed by atoms with Crippen LogP contribution in [0, 0.1) is 22.7 Å². The average molecular weight is 1010 g/mol. The Morgan fingerprint density at radius 2 is 0.658 bits per heavy atom. The first-order valence-corrected chi connectivity index (χ1v) is 26.6. The summed E-state index contributed by atoms with van der Waals surface area (Å²) in [4.78, 5) is 0. The zero-order valence-electron chi connectivity index (χ0n) is 42.2. The Labute approximate surface area is 450 Å². The van der Waals surface area contributed by atoms with E-state index >= 15 is 0 Å². The van der Waals surface area contributed by atoms with Crippen molar-refractivity contribution >= 4 is 120 Å². The van der Waals surface area contributed by atoms with Crippen molar-refractivity contribution in [3.63, 3.8) is 0 Å². The first-order chi connectivity index (χ1) is 39.2. The monoisotopic (exact) mass is 1000 g/mol. The summed E-state index contributed by atoms with van der Waals surface area (Å²) in [5.41, 5.74) is 13.8. The summed E-state index contributed by atoms with van der Waals surface area (Å²) in [7, 11) is 0.